The van der Waals surface area contributed by atoms with Gasteiger partial charge in [0.05, 0.1) is 0 Å². The summed E-state index contributed by atoms with van der Waals surface area (Å²) >= 11 is 0. The molecular weight excluding hydrogens is 304 g/mol. The van der Waals surface area contributed by atoms with Crippen LogP contribution in [0.4, 0.5) is 0 Å². The maximum atomic E-state index is 9.55. The first-order valence-electron chi connectivity index (χ1n) is 10.1. The molecule has 25 heavy (non-hydrogen) atoms. The molecule has 1 nitrogen and oxygen atoms in total. The van der Waals surface area contributed by atoms with Crippen LogP contribution in [0.3, 0.4) is 0 Å². The molecule has 0 heterocycles. The molecule has 0 spiro atoms. The molecule has 1 heteroatoms. The number of rotatable bonds is 15. The molecule has 142 valence electrons. The van der Waals surface area contributed by atoms with E-state index in [2.05, 4.69) is 81.5 Å². The molecule has 0 aromatic heterocycles. The van der Waals surface area contributed by atoms with Crippen molar-refractivity contribution in [2.75, 3.05) is 6.61 Å². The van der Waals surface area contributed by atoms with Crippen LogP contribution in [0.2, 0.25) is 0 Å². The lowest BCUT2D eigenvalue weighted by Crippen LogP contribution is -2.23. The zero-order valence-electron chi connectivity index (χ0n) is 16.8. The van der Waals surface area contributed by atoms with Crippen molar-refractivity contribution < 1.29 is 5.11 Å². The van der Waals surface area contributed by atoms with Gasteiger partial charge in [0.1, 0.15) is 0 Å². The van der Waals surface area contributed by atoms with E-state index in [9.17, 15) is 5.11 Å². The molecule has 0 unspecified atom stereocenters. The first kappa shape index (κ1) is 23.7. The van der Waals surface area contributed by atoms with E-state index in [1.54, 1.807) is 0 Å². The van der Waals surface area contributed by atoms with Crippen LogP contribution in [0.25, 0.3) is 0 Å². The van der Waals surface area contributed by atoms with Gasteiger partial charge in [-0.2, -0.15) is 0 Å². The predicted octanol–water partition coefficient (Wildman–Crippen LogP) is 7.32. The highest BCUT2D eigenvalue weighted by Crippen LogP contribution is 2.31. The maximum Gasteiger partial charge on any atom is 0.0487 e. The fourth-order valence-electron chi connectivity index (χ4n) is 2.66. The molecule has 0 aromatic carbocycles. The summed E-state index contributed by atoms with van der Waals surface area (Å²) in [4.78, 5) is 0. The van der Waals surface area contributed by atoms with Crippen molar-refractivity contribution in [1.82, 2.24) is 0 Å². The van der Waals surface area contributed by atoms with Gasteiger partial charge in [-0.05, 0) is 63.2 Å². The van der Waals surface area contributed by atoms with Crippen molar-refractivity contribution >= 4 is 0 Å². The van der Waals surface area contributed by atoms with Gasteiger partial charge in [0.2, 0.25) is 0 Å². The van der Waals surface area contributed by atoms with Gasteiger partial charge in [0, 0.05) is 6.61 Å². The highest BCUT2D eigenvalue weighted by atomic mass is 16.3. The second-order valence-corrected chi connectivity index (χ2v) is 6.61. The highest BCUT2D eigenvalue weighted by molar-refractivity contribution is 5.00. The number of aliphatic hydroxyl groups is 1. The average molecular weight is 345 g/mol. The van der Waals surface area contributed by atoms with E-state index in [0.717, 1.165) is 57.8 Å². The van der Waals surface area contributed by atoms with Crippen molar-refractivity contribution in [1.29, 1.82) is 0 Å². The molecule has 0 amide bonds. The standard InChI is InChI=1S/C24H40O/c1-4-7-8-9-10-11-12-13-14-15-16-17-18-19-20-21-22-24(5-2,6-3)23-25/h7-8,10-11,13-14,16-17,19-20,25H,4-6,9,12,15,18,21-23H2,1-3H3/b8-7-,11-10-,14-13-,17-16-,20-19-. The van der Waals surface area contributed by atoms with Gasteiger partial charge in [-0.25, -0.2) is 0 Å². The molecule has 0 aliphatic rings. The Morgan fingerprint density at radius 1 is 0.600 bits per heavy atom. The van der Waals surface area contributed by atoms with E-state index in [1.807, 2.05) is 0 Å². The van der Waals surface area contributed by atoms with Gasteiger partial charge in [-0.15, -0.1) is 0 Å². The van der Waals surface area contributed by atoms with E-state index in [4.69, 9.17) is 0 Å². The molecule has 0 aliphatic heterocycles. The van der Waals surface area contributed by atoms with Crippen molar-refractivity contribution in [3.8, 4) is 0 Å². The quantitative estimate of drug-likeness (QED) is 0.309. The minimum absolute atomic E-state index is 0.131. The van der Waals surface area contributed by atoms with E-state index in [1.165, 1.54) is 0 Å². The lowest BCUT2D eigenvalue weighted by Gasteiger charge is -2.28. The van der Waals surface area contributed by atoms with Gasteiger partial charge < -0.3 is 5.11 Å². The minimum atomic E-state index is 0.131. The van der Waals surface area contributed by atoms with E-state index in [0.29, 0.717) is 6.61 Å². The summed E-state index contributed by atoms with van der Waals surface area (Å²) in [5.74, 6) is 0. The molecule has 0 bridgehead atoms. The number of hydrogen-bond acceptors (Lipinski definition) is 1. The van der Waals surface area contributed by atoms with Crippen LogP contribution in [-0.4, -0.2) is 11.7 Å². The summed E-state index contributed by atoms with van der Waals surface area (Å²) in [7, 11) is 0. The molecule has 0 atom stereocenters. The van der Waals surface area contributed by atoms with Crippen LogP contribution in [-0.2, 0) is 0 Å². The Hall–Kier alpha value is -1.34. The van der Waals surface area contributed by atoms with E-state index < -0.39 is 0 Å². The lowest BCUT2D eigenvalue weighted by molar-refractivity contribution is 0.106. The third-order valence-electron chi connectivity index (χ3n) is 4.83. The first-order chi connectivity index (χ1) is 12.2. The largest absolute Gasteiger partial charge is 0.396 e. The van der Waals surface area contributed by atoms with Gasteiger partial charge >= 0.3 is 0 Å². The molecular formula is C24H40O. The fraction of sp³-hybridized carbons (Fsp3) is 0.583. The van der Waals surface area contributed by atoms with Gasteiger partial charge in [0.25, 0.3) is 0 Å². The Labute approximate surface area is 156 Å². The summed E-state index contributed by atoms with van der Waals surface area (Å²) < 4.78 is 0. The van der Waals surface area contributed by atoms with Crippen LogP contribution < -0.4 is 0 Å². The zero-order valence-corrected chi connectivity index (χ0v) is 16.8. The number of allylic oxidation sites excluding steroid dienone is 10. The Kier molecular flexibility index (Phi) is 16.5. The molecule has 0 aliphatic carbocycles. The van der Waals surface area contributed by atoms with E-state index in [-0.39, 0.29) is 5.41 Å². The van der Waals surface area contributed by atoms with Crippen LogP contribution in [0.5, 0.6) is 0 Å². The topological polar surface area (TPSA) is 20.2 Å². The van der Waals surface area contributed by atoms with Crippen LogP contribution >= 0.6 is 0 Å². The van der Waals surface area contributed by atoms with Crippen molar-refractivity contribution in [2.24, 2.45) is 5.41 Å². The summed E-state index contributed by atoms with van der Waals surface area (Å²) in [6.07, 6.45) is 31.7. The number of hydrogen-bond donors (Lipinski definition) is 1. The summed E-state index contributed by atoms with van der Waals surface area (Å²) in [6, 6.07) is 0. The van der Waals surface area contributed by atoms with Crippen molar-refractivity contribution in [3.05, 3.63) is 60.8 Å². The van der Waals surface area contributed by atoms with Crippen LogP contribution in [0, 0.1) is 5.41 Å². The first-order valence-corrected chi connectivity index (χ1v) is 10.1. The third kappa shape index (κ3) is 13.6. The van der Waals surface area contributed by atoms with Crippen LogP contribution in [0.1, 0.15) is 78.6 Å². The second-order valence-electron chi connectivity index (χ2n) is 6.61. The molecule has 0 radical (unpaired) electrons. The maximum absolute atomic E-state index is 9.55. The Balaban J connectivity index is 3.72. The highest BCUT2D eigenvalue weighted by Gasteiger charge is 2.23. The van der Waals surface area contributed by atoms with Crippen molar-refractivity contribution in [2.45, 2.75) is 78.6 Å². The summed E-state index contributed by atoms with van der Waals surface area (Å²) in [6.45, 7) is 6.83. The predicted molar refractivity (Wildman–Crippen MR) is 114 cm³/mol. The minimum Gasteiger partial charge on any atom is -0.396 e. The van der Waals surface area contributed by atoms with Gasteiger partial charge in [-0.3, -0.25) is 0 Å². The number of aliphatic hydroxyl groups excluding tert-OH is 1. The fourth-order valence-corrected chi connectivity index (χ4v) is 2.66. The molecule has 0 aromatic rings. The van der Waals surface area contributed by atoms with Gasteiger partial charge in [-0.1, -0.05) is 81.5 Å². The average Bonchev–Trinajstić information content (AvgIpc) is 2.65. The lowest BCUT2D eigenvalue weighted by atomic mass is 9.79. The zero-order chi connectivity index (χ0) is 18.6. The summed E-state index contributed by atoms with van der Waals surface area (Å²) in [5, 5.41) is 9.55. The third-order valence-corrected chi connectivity index (χ3v) is 4.83. The molecule has 1 N–H and O–H groups in total. The molecule has 0 rings (SSSR count). The molecule has 0 saturated carbocycles. The van der Waals surface area contributed by atoms with Crippen molar-refractivity contribution in [3.63, 3.8) is 0 Å². The Morgan fingerprint density at radius 2 is 1.00 bits per heavy atom. The smallest absolute Gasteiger partial charge is 0.0487 e. The molecule has 0 fully saturated rings. The Morgan fingerprint density at radius 3 is 1.36 bits per heavy atom. The second kappa shape index (κ2) is 17.5. The summed E-state index contributed by atoms with van der Waals surface area (Å²) in [5.41, 5.74) is 0.131. The molecule has 0 saturated heterocycles. The van der Waals surface area contributed by atoms with Gasteiger partial charge in [0.15, 0.2) is 0 Å². The van der Waals surface area contributed by atoms with Crippen LogP contribution in [0.15, 0.2) is 60.8 Å². The Bertz CT molecular complexity index is 411. The monoisotopic (exact) mass is 344 g/mol. The normalized spacial score (nSPS) is 13.6. The van der Waals surface area contributed by atoms with E-state index >= 15 is 0 Å². The SMILES string of the molecule is CC/C=C\C/C=C\C/C=C\C/C=C\C/C=C\CCC(CC)(CC)CO.